The average molecular weight is 233 g/mol. The standard InChI is InChI=1S/C3H5N.BF3.2Li.H2O4S/c1-2-3-4;2-1(3)4;;;1-5(2,3)4/h2H2,1H3;;;;(H2,1,2,3,4)/q;;2*+1;/p-2. The van der Waals surface area contributed by atoms with Crippen LogP contribution in [0, 0.1) is 11.3 Å². The normalized spacial score (nSPS) is 7.00. The molecule has 5 nitrogen and oxygen atoms in total. The molecule has 0 unspecified atom stereocenters. The largest absolute Gasteiger partial charge is 1.00 e. The third-order valence-corrected chi connectivity index (χ3v) is 0.158. The first-order valence-electron chi connectivity index (χ1n) is 2.61. The molecule has 0 aromatic rings. The van der Waals surface area contributed by atoms with Gasteiger partial charge in [-0.3, -0.25) is 21.4 Å². The summed E-state index contributed by atoms with van der Waals surface area (Å²) in [5.74, 6) is 0. The second kappa shape index (κ2) is 19.9. The van der Waals surface area contributed by atoms with E-state index in [1.165, 1.54) is 0 Å². The van der Waals surface area contributed by atoms with Gasteiger partial charge in [0.25, 0.3) is 0 Å². The van der Waals surface area contributed by atoms with Crippen LogP contribution in [0.1, 0.15) is 13.3 Å². The zero-order valence-electron chi connectivity index (χ0n) is 8.41. The van der Waals surface area contributed by atoms with Crippen LogP contribution >= 0.6 is 0 Å². The Morgan fingerprint density at radius 2 is 1.33 bits per heavy atom. The fourth-order valence-electron chi connectivity index (χ4n) is 0. The van der Waals surface area contributed by atoms with Crippen molar-refractivity contribution in [3.63, 3.8) is 0 Å². The zero-order chi connectivity index (χ0) is 11.5. The molecule has 0 heterocycles. The van der Waals surface area contributed by atoms with E-state index in [0.29, 0.717) is 6.42 Å². The minimum Gasteiger partial charge on any atom is -0.759 e. The summed E-state index contributed by atoms with van der Waals surface area (Å²) >= 11 is 0. The van der Waals surface area contributed by atoms with Gasteiger partial charge < -0.3 is 9.11 Å². The van der Waals surface area contributed by atoms with Gasteiger partial charge in [-0.25, -0.2) is 0 Å². The van der Waals surface area contributed by atoms with E-state index >= 15 is 0 Å². The van der Waals surface area contributed by atoms with Crippen LogP contribution in [-0.4, -0.2) is 25.1 Å². The third kappa shape index (κ3) is 1120. The second-order valence-corrected chi connectivity index (χ2v) is 1.98. The SMILES string of the molecule is CCC#N.FB(F)F.O=S(=O)([O-])[O-].[Li+].[Li+]. The first-order valence-corrected chi connectivity index (χ1v) is 3.94. The fraction of sp³-hybridized carbons (Fsp3) is 0.667. The number of hydrogen-bond acceptors (Lipinski definition) is 5. The maximum atomic E-state index is 9.67. The van der Waals surface area contributed by atoms with Gasteiger partial charge in [-0.05, 0) is 0 Å². The van der Waals surface area contributed by atoms with Crippen LogP contribution < -0.4 is 37.7 Å². The van der Waals surface area contributed by atoms with Gasteiger partial charge in [0.05, 0.1) is 6.07 Å². The minimum absolute atomic E-state index is 0. The second-order valence-electron chi connectivity index (χ2n) is 1.17. The summed E-state index contributed by atoms with van der Waals surface area (Å²) in [7, 11) is -8.83. The van der Waals surface area contributed by atoms with E-state index in [9.17, 15) is 12.9 Å². The van der Waals surface area contributed by atoms with Gasteiger partial charge in [0.2, 0.25) is 0 Å². The summed E-state index contributed by atoms with van der Waals surface area (Å²) in [4.78, 5) is 0. The predicted molar refractivity (Wildman–Crippen MR) is 35.5 cm³/mol. The zero-order valence-corrected chi connectivity index (χ0v) is 9.22. The van der Waals surface area contributed by atoms with Crippen LogP contribution in [0.25, 0.3) is 0 Å². The van der Waals surface area contributed by atoms with Crippen LogP contribution in [0.4, 0.5) is 12.9 Å². The molecule has 0 saturated carbocycles. The number of hydrogen-bond donors (Lipinski definition) is 0. The van der Waals surface area contributed by atoms with Crippen molar-refractivity contribution in [2.24, 2.45) is 0 Å². The van der Waals surface area contributed by atoms with Crippen LogP contribution in [0.15, 0.2) is 0 Å². The smallest absolute Gasteiger partial charge is 0.759 e. The molecule has 12 heteroatoms. The molecule has 0 aliphatic rings. The summed E-state index contributed by atoms with van der Waals surface area (Å²) in [6.07, 6.45) is 0.625. The monoisotopic (exact) mass is 233 g/mol. The molecule has 0 aromatic heterocycles. The van der Waals surface area contributed by atoms with Crippen molar-refractivity contribution in [2.45, 2.75) is 13.3 Å². The van der Waals surface area contributed by atoms with Gasteiger partial charge in [0, 0.05) is 16.8 Å². The topological polar surface area (TPSA) is 104 Å². The Kier molecular flexibility index (Phi) is 39.2. The van der Waals surface area contributed by atoms with E-state index in [2.05, 4.69) is 0 Å². The number of halogens is 3. The molecule has 0 amide bonds. The van der Waals surface area contributed by atoms with E-state index in [0.717, 1.165) is 0 Å². The van der Waals surface area contributed by atoms with Crippen molar-refractivity contribution in [3.05, 3.63) is 0 Å². The molecule has 0 aromatic carbocycles. The molecule has 0 aliphatic heterocycles. The summed E-state index contributed by atoms with van der Waals surface area (Å²) < 4.78 is 63.1. The predicted octanol–water partition coefficient (Wildman–Crippen LogP) is -5.53. The van der Waals surface area contributed by atoms with Crippen molar-refractivity contribution >= 4 is 17.9 Å². The molecular formula is C3H5BF3Li2NO4S. The molecule has 0 atom stereocenters. The van der Waals surface area contributed by atoms with Gasteiger partial charge in [-0.2, -0.15) is 5.26 Å². The van der Waals surface area contributed by atoms with Crippen molar-refractivity contribution in [2.75, 3.05) is 0 Å². The first kappa shape index (κ1) is 29.5. The maximum absolute atomic E-state index is 9.67. The first-order chi connectivity index (χ1) is 5.65. The molecule has 0 bridgehead atoms. The quantitative estimate of drug-likeness (QED) is 0.235. The molecule has 0 aliphatic carbocycles. The van der Waals surface area contributed by atoms with Crippen LogP contribution in [-0.2, 0) is 10.4 Å². The molecule has 0 radical (unpaired) electrons. The molecule has 0 N–H and O–H groups in total. The van der Waals surface area contributed by atoms with Gasteiger partial charge in [-0.15, -0.1) is 0 Å². The van der Waals surface area contributed by atoms with Crippen LogP contribution in [0.3, 0.4) is 0 Å². The van der Waals surface area contributed by atoms with Gasteiger partial charge in [0.1, 0.15) is 0 Å². The Balaban J connectivity index is -0.0000000315. The van der Waals surface area contributed by atoms with Gasteiger partial charge in [-0.1, -0.05) is 6.92 Å². The summed E-state index contributed by atoms with van der Waals surface area (Å²) in [6, 6.07) is 1.93. The molecular weight excluding hydrogens is 228 g/mol. The number of rotatable bonds is 0. The fourth-order valence-corrected chi connectivity index (χ4v) is 0. The number of nitrogens with zero attached hydrogens (tertiary/aromatic N) is 1. The van der Waals surface area contributed by atoms with E-state index in [1.807, 2.05) is 13.0 Å². The Bertz CT molecular complexity index is 223. The Morgan fingerprint density at radius 3 is 1.33 bits per heavy atom. The van der Waals surface area contributed by atoms with E-state index in [-0.39, 0.29) is 37.7 Å². The van der Waals surface area contributed by atoms with E-state index in [4.69, 9.17) is 22.8 Å². The number of nitriles is 1. The summed E-state index contributed by atoms with van der Waals surface area (Å²) in [6.45, 7) is 1.82. The van der Waals surface area contributed by atoms with Gasteiger partial charge in [0.15, 0.2) is 0 Å². The Morgan fingerprint density at radius 1 is 1.27 bits per heavy atom. The minimum atomic E-state index is -5.17. The maximum Gasteiger partial charge on any atom is 1.00 e. The van der Waals surface area contributed by atoms with Crippen molar-refractivity contribution < 1.29 is 68.2 Å². The molecule has 0 rings (SSSR count). The Labute approximate surface area is 111 Å². The van der Waals surface area contributed by atoms with Crippen LogP contribution in [0.5, 0.6) is 0 Å². The molecule has 0 spiro atoms. The van der Waals surface area contributed by atoms with Gasteiger partial charge >= 0.3 is 45.3 Å². The van der Waals surface area contributed by atoms with E-state index in [1.54, 1.807) is 0 Å². The van der Waals surface area contributed by atoms with Crippen molar-refractivity contribution in [1.82, 2.24) is 0 Å². The average Bonchev–Trinajstić information content (AvgIpc) is 1.82. The molecule has 15 heavy (non-hydrogen) atoms. The molecule has 0 fully saturated rings. The van der Waals surface area contributed by atoms with Crippen LogP contribution in [0.2, 0.25) is 0 Å². The molecule has 0 saturated heterocycles. The van der Waals surface area contributed by atoms with Crippen molar-refractivity contribution in [1.29, 1.82) is 5.26 Å². The summed E-state index contributed by atoms with van der Waals surface area (Å²) in [5.41, 5.74) is 0. The Hall–Kier alpha value is 0.410. The summed E-state index contributed by atoms with van der Waals surface area (Å²) in [5, 5.41) is 7.62. The molecule has 78 valence electrons. The van der Waals surface area contributed by atoms with Crippen molar-refractivity contribution in [3.8, 4) is 6.07 Å². The third-order valence-electron chi connectivity index (χ3n) is 0.158. The van der Waals surface area contributed by atoms with E-state index < -0.39 is 17.9 Å².